The van der Waals surface area contributed by atoms with Gasteiger partial charge >= 0.3 is 0 Å². The largest absolute Gasteiger partial charge is 0.364 e. The summed E-state index contributed by atoms with van der Waals surface area (Å²) in [5, 5.41) is 3.31. The van der Waals surface area contributed by atoms with Gasteiger partial charge in [-0.25, -0.2) is 4.98 Å². The number of nitrogens with zero attached hydrogens (tertiary/aromatic N) is 5. The predicted octanol–water partition coefficient (Wildman–Crippen LogP) is 1.63. The van der Waals surface area contributed by atoms with Crippen molar-refractivity contribution < 1.29 is 0 Å². The molecule has 0 aliphatic carbocycles. The summed E-state index contributed by atoms with van der Waals surface area (Å²) in [6.07, 6.45) is 3.62. The minimum atomic E-state index is 0.668. The quantitative estimate of drug-likeness (QED) is 0.905. The van der Waals surface area contributed by atoms with Gasteiger partial charge in [0, 0.05) is 38.6 Å². The van der Waals surface area contributed by atoms with Gasteiger partial charge in [-0.1, -0.05) is 13.0 Å². The van der Waals surface area contributed by atoms with Crippen LogP contribution in [0.15, 0.2) is 36.7 Å². The minimum Gasteiger partial charge on any atom is -0.364 e. The van der Waals surface area contributed by atoms with Crippen molar-refractivity contribution in [3.63, 3.8) is 0 Å². The fraction of sp³-hybridized carbons (Fsp3) is 0.438. The summed E-state index contributed by atoms with van der Waals surface area (Å²) >= 11 is 0. The molecule has 3 heterocycles. The van der Waals surface area contributed by atoms with Gasteiger partial charge < -0.3 is 15.1 Å². The van der Waals surface area contributed by atoms with Gasteiger partial charge in [-0.05, 0) is 24.7 Å². The lowest BCUT2D eigenvalue weighted by Gasteiger charge is -2.34. The molecule has 0 aromatic carbocycles. The van der Waals surface area contributed by atoms with E-state index in [1.807, 2.05) is 30.5 Å². The smallest absolute Gasteiger partial charge is 0.227 e. The van der Waals surface area contributed by atoms with Gasteiger partial charge in [0.15, 0.2) is 0 Å². The standard InChI is InChI=1S/C16H22N6/c1-2-21-9-11-22(12-10-21)16-18-8-6-15(20-16)19-13-14-5-3-4-7-17-14/h3-8H,2,9-13H2,1H3,(H,18,19,20). The maximum atomic E-state index is 4.62. The SMILES string of the molecule is CCN1CCN(c2nccc(NCc3ccccn3)n2)CC1. The third kappa shape index (κ3) is 3.71. The second-order valence-electron chi connectivity index (χ2n) is 5.34. The highest BCUT2D eigenvalue weighted by Gasteiger charge is 2.17. The molecule has 0 atom stereocenters. The van der Waals surface area contributed by atoms with Crippen molar-refractivity contribution in [1.82, 2.24) is 19.9 Å². The molecule has 1 saturated heterocycles. The van der Waals surface area contributed by atoms with E-state index in [9.17, 15) is 0 Å². The number of aromatic nitrogens is 3. The number of anilines is 2. The van der Waals surface area contributed by atoms with Crippen molar-refractivity contribution >= 4 is 11.8 Å². The number of pyridine rings is 1. The fourth-order valence-corrected chi connectivity index (χ4v) is 2.55. The van der Waals surface area contributed by atoms with Crippen LogP contribution in [0.4, 0.5) is 11.8 Å². The third-order valence-corrected chi connectivity index (χ3v) is 3.92. The Morgan fingerprint density at radius 3 is 2.64 bits per heavy atom. The molecule has 0 spiro atoms. The van der Waals surface area contributed by atoms with E-state index in [1.54, 1.807) is 6.20 Å². The topological polar surface area (TPSA) is 57.2 Å². The van der Waals surface area contributed by atoms with Crippen LogP contribution in [0.25, 0.3) is 0 Å². The molecule has 1 N–H and O–H groups in total. The number of hydrogen-bond donors (Lipinski definition) is 1. The van der Waals surface area contributed by atoms with Gasteiger partial charge in [0.25, 0.3) is 0 Å². The van der Waals surface area contributed by atoms with Crippen LogP contribution in [0, 0.1) is 0 Å². The molecule has 116 valence electrons. The van der Waals surface area contributed by atoms with Gasteiger partial charge in [0.2, 0.25) is 5.95 Å². The first-order valence-corrected chi connectivity index (χ1v) is 7.79. The zero-order valence-electron chi connectivity index (χ0n) is 12.9. The average Bonchev–Trinajstić information content (AvgIpc) is 2.61. The second kappa shape index (κ2) is 7.17. The van der Waals surface area contributed by atoms with Crippen molar-refractivity contribution in [2.75, 3.05) is 42.9 Å². The van der Waals surface area contributed by atoms with Crippen LogP contribution < -0.4 is 10.2 Å². The number of rotatable bonds is 5. The number of nitrogens with one attached hydrogen (secondary N) is 1. The molecule has 3 rings (SSSR count). The van der Waals surface area contributed by atoms with Crippen molar-refractivity contribution in [3.8, 4) is 0 Å². The summed E-state index contributed by atoms with van der Waals surface area (Å²) in [7, 11) is 0. The van der Waals surface area contributed by atoms with Crippen LogP contribution in [0.5, 0.6) is 0 Å². The molecule has 0 amide bonds. The molecule has 22 heavy (non-hydrogen) atoms. The number of hydrogen-bond acceptors (Lipinski definition) is 6. The van der Waals surface area contributed by atoms with Crippen LogP contribution in [0.3, 0.4) is 0 Å². The minimum absolute atomic E-state index is 0.668. The molecule has 0 bridgehead atoms. The maximum absolute atomic E-state index is 4.62. The Morgan fingerprint density at radius 2 is 1.91 bits per heavy atom. The van der Waals surface area contributed by atoms with Gasteiger partial charge in [0.1, 0.15) is 5.82 Å². The monoisotopic (exact) mass is 298 g/mol. The molecular formula is C16H22N6. The highest BCUT2D eigenvalue weighted by molar-refractivity contribution is 5.41. The summed E-state index contributed by atoms with van der Waals surface area (Å²) in [5.74, 6) is 1.65. The average molecular weight is 298 g/mol. The van der Waals surface area contributed by atoms with Crippen LogP contribution in [0.1, 0.15) is 12.6 Å². The van der Waals surface area contributed by atoms with Crippen LogP contribution >= 0.6 is 0 Å². The van der Waals surface area contributed by atoms with Crippen molar-refractivity contribution in [2.24, 2.45) is 0 Å². The van der Waals surface area contributed by atoms with Gasteiger partial charge in [-0.2, -0.15) is 4.98 Å². The molecule has 1 aliphatic rings. The molecule has 0 unspecified atom stereocenters. The van der Waals surface area contributed by atoms with Crippen LogP contribution in [-0.2, 0) is 6.54 Å². The summed E-state index contributed by atoms with van der Waals surface area (Å²) in [6, 6.07) is 7.80. The van der Waals surface area contributed by atoms with E-state index in [-0.39, 0.29) is 0 Å². The van der Waals surface area contributed by atoms with E-state index in [2.05, 4.69) is 37.0 Å². The second-order valence-corrected chi connectivity index (χ2v) is 5.34. The summed E-state index contributed by atoms with van der Waals surface area (Å²) in [6.45, 7) is 8.10. The molecule has 2 aromatic rings. The fourth-order valence-electron chi connectivity index (χ4n) is 2.55. The Hall–Kier alpha value is -2.21. The van der Waals surface area contributed by atoms with Gasteiger partial charge in [-0.3, -0.25) is 4.98 Å². The van der Waals surface area contributed by atoms with E-state index in [0.717, 1.165) is 50.2 Å². The number of piperazine rings is 1. The molecule has 1 aliphatic heterocycles. The van der Waals surface area contributed by atoms with Gasteiger partial charge in [0.05, 0.1) is 12.2 Å². The highest BCUT2D eigenvalue weighted by Crippen LogP contribution is 2.13. The van der Waals surface area contributed by atoms with Gasteiger partial charge in [-0.15, -0.1) is 0 Å². The molecule has 0 radical (unpaired) electrons. The lowest BCUT2D eigenvalue weighted by atomic mass is 10.3. The van der Waals surface area contributed by atoms with Crippen molar-refractivity contribution in [2.45, 2.75) is 13.5 Å². The first-order chi connectivity index (χ1) is 10.8. The van der Waals surface area contributed by atoms with E-state index in [1.165, 1.54) is 0 Å². The highest BCUT2D eigenvalue weighted by atomic mass is 15.3. The van der Waals surface area contributed by atoms with Crippen molar-refractivity contribution in [3.05, 3.63) is 42.4 Å². The van der Waals surface area contributed by atoms with E-state index < -0.39 is 0 Å². The summed E-state index contributed by atoms with van der Waals surface area (Å²) in [5.41, 5.74) is 0.999. The van der Waals surface area contributed by atoms with E-state index in [0.29, 0.717) is 6.54 Å². The molecule has 6 heteroatoms. The molecular weight excluding hydrogens is 276 g/mol. The lowest BCUT2D eigenvalue weighted by molar-refractivity contribution is 0.270. The van der Waals surface area contributed by atoms with Crippen LogP contribution in [0.2, 0.25) is 0 Å². The first kappa shape index (κ1) is 14.7. The Morgan fingerprint density at radius 1 is 1.05 bits per heavy atom. The van der Waals surface area contributed by atoms with E-state index in [4.69, 9.17) is 0 Å². The molecule has 6 nitrogen and oxygen atoms in total. The third-order valence-electron chi connectivity index (χ3n) is 3.92. The first-order valence-electron chi connectivity index (χ1n) is 7.79. The Balaban J connectivity index is 1.60. The summed E-state index contributed by atoms with van der Waals surface area (Å²) in [4.78, 5) is 18.0. The lowest BCUT2D eigenvalue weighted by Crippen LogP contribution is -2.46. The van der Waals surface area contributed by atoms with Crippen LogP contribution in [-0.4, -0.2) is 52.6 Å². The molecule has 1 fully saturated rings. The molecule has 0 saturated carbocycles. The number of likely N-dealkylation sites (N-methyl/N-ethyl adjacent to an activating group) is 1. The predicted molar refractivity (Wildman–Crippen MR) is 87.9 cm³/mol. The van der Waals surface area contributed by atoms with E-state index >= 15 is 0 Å². The zero-order valence-corrected chi connectivity index (χ0v) is 12.9. The Labute approximate surface area is 131 Å². The zero-order chi connectivity index (χ0) is 15.2. The molecule has 2 aromatic heterocycles. The normalized spacial score (nSPS) is 15.8. The Kier molecular flexibility index (Phi) is 4.80. The summed E-state index contributed by atoms with van der Waals surface area (Å²) < 4.78 is 0. The Bertz CT molecular complexity index is 580. The van der Waals surface area contributed by atoms with Crippen molar-refractivity contribution in [1.29, 1.82) is 0 Å². The maximum Gasteiger partial charge on any atom is 0.227 e.